The van der Waals surface area contributed by atoms with Gasteiger partial charge in [-0.3, -0.25) is 4.79 Å². The Balaban J connectivity index is 1.64. The van der Waals surface area contributed by atoms with Gasteiger partial charge in [-0.25, -0.2) is 5.43 Å². The zero-order valence-corrected chi connectivity index (χ0v) is 13.4. The van der Waals surface area contributed by atoms with E-state index in [4.69, 9.17) is 23.2 Å². The number of rotatable bonds is 3. The quantitative estimate of drug-likeness (QED) is 0.643. The highest BCUT2D eigenvalue weighted by Crippen LogP contribution is 2.48. The number of fused-ring (bicyclic) bond motifs is 2. The highest BCUT2D eigenvalue weighted by Gasteiger charge is 2.40. The minimum atomic E-state index is -0.254. The van der Waals surface area contributed by atoms with Gasteiger partial charge in [-0.1, -0.05) is 29.6 Å². The number of carbonyl (C=O) groups excluding carboxylic acids is 1. The van der Waals surface area contributed by atoms with Crippen LogP contribution in [0.25, 0.3) is 0 Å². The summed E-state index contributed by atoms with van der Waals surface area (Å²) in [4.78, 5) is 12.1. The monoisotopic (exact) mass is 324 g/mol. The summed E-state index contributed by atoms with van der Waals surface area (Å²) >= 11 is 11.8. The summed E-state index contributed by atoms with van der Waals surface area (Å²) in [6, 6.07) is 4.82. The topological polar surface area (TPSA) is 41.5 Å². The number of halogens is 2. The molecular formula is C16H18Cl2N2O. The van der Waals surface area contributed by atoms with Gasteiger partial charge in [0, 0.05) is 17.2 Å². The van der Waals surface area contributed by atoms with Crippen LogP contribution in [0.2, 0.25) is 10.0 Å². The van der Waals surface area contributed by atoms with Crippen LogP contribution in [0.4, 0.5) is 0 Å². The van der Waals surface area contributed by atoms with E-state index in [1.807, 2.05) is 6.92 Å². The van der Waals surface area contributed by atoms with Gasteiger partial charge in [0.25, 0.3) is 5.91 Å². The first-order valence-corrected chi connectivity index (χ1v) is 8.09. The molecule has 2 saturated carbocycles. The first-order valence-electron chi connectivity index (χ1n) is 7.34. The van der Waals surface area contributed by atoms with Crippen LogP contribution in [-0.2, 0) is 0 Å². The Morgan fingerprint density at radius 1 is 1.24 bits per heavy atom. The Morgan fingerprint density at radius 2 is 2.05 bits per heavy atom. The fraction of sp³-hybridized carbons (Fsp3) is 0.500. The van der Waals surface area contributed by atoms with Crippen molar-refractivity contribution in [3.05, 3.63) is 33.8 Å². The Labute approximate surface area is 134 Å². The smallest absolute Gasteiger partial charge is 0.267 e. The number of hydrogen-bond donors (Lipinski definition) is 1. The van der Waals surface area contributed by atoms with Crippen LogP contribution in [-0.4, -0.2) is 11.6 Å². The number of benzene rings is 1. The lowest BCUT2D eigenvalue weighted by Crippen LogP contribution is -2.24. The normalized spacial score (nSPS) is 28.0. The molecule has 1 aromatic rings. The second-order valence-corrected chi connectivity index (χ2v) is 6.92. The third kappa shape index (κ3) is 3.09. The first kappa shape index (κ1) is 14.9. The van der Waals surface area contributed by atoms with Crippen molar-refractivity contribution in [2.45, 2.75) is 32.6 Å². The third-order valence-electron chi connectivity index (χ3n) is 4.79. The van der Waals surface area contributed by atoms with Gasteiger partial charge < -0.3 is 0 Å². The maximum absolute atomic E-state index is 12.1. The molecule has 0 radical (unpaired) electrons. The number of nitrogens with one attached hydrogen (secondary N) is 1. The molecule has 0 unspecified atom stereocenters. The van der Waals surface area contributed by atoms with Crippen molar-refractivity contribution < 1.29 is 4.79 Å². The summed E-state index contributed by atoms with van der Waals surface area (Å²) in [5, 5.41) is 5.11. The van der Waals surface area contributed by atoms with Crippen LogP contribution in [0, 0.1) is 17.8 Å². The summed E-state index contributed by atoms with van der Waals surface area (Å²) in [7, 11) is 0. The maximum Gasteiger partial charge on any atom is 0.271 e. The Hall–Kier alpha value is -1.06. The number of nitrogens with zero attached hydrogens (tertiary/aromatic N) is 1. The zero-order valence-electron chi connectivity index (χ0n) is 11.9. The second kappa shape index (κ2) is 5.98. The largest absolute Gasteiger partial charge is 0.271 e. The molecule has 1 N–H and O–H groups in total. The van der Waals surface area contributed by atoms with Gasteiger partial charge in [0.05, 0.1) is 10.0 Å². The van der Waals surface area contributed by atoms with Gasteiger partial charge in [0.1, 0.15) is 0 Å². The molecule has 0 aliphatic heterocycles. The Bertz CT molecular complexity index is 600. The highest BCUT2D eigenvalue weighted by atomic mass is 35.5. The molecule has 1 amide bonds. The number of carbonyl (C=O) groups is 1. The molecule has 3 rings (SSSR count). The fourth-order valence-electron chi connectivity index (χ4n) is 3.68. The van der Waals surface area contributed by atoms with Crippen LogP contribution in [0.3, 0.4) is 0 Å². The summed E-state index contributed by atoms with van der Waals surface area (Å²) < 4.78 is 0. The molecule has 1 aromatic carbocycles. The van der Waals surface area contributed by atoms with E-state index in [2.05, 4.69) is 10.5 Å². The molecule has 2 fully saturated rings. The van der Waals surface area contributed by atoms with Gasteiger partial charge in [0.2, 0.25) is 0 Å². The number of hydrogen-bond acceptors (Lipinski definition) is 2. The van der Waals surface area contributed by atoms with Crippen molar-refractivity contribution in [2.75, 3.05) is 0 Å². The summed E-state index contributed by atoms with van der Waals surface area (Å²) in [6.07, 6.45) is 5.23. The average Bonchev–Trinajstić information content (AvgIpc) is 3.10. The molecule has 0 aromatic heterocycles. The average molecular weight is 325 g/mol. The first-order chi connectivity index (χ1) is 10.0. The van der Waals surface area contributed by atoms with E-state index in [0.29, 0.717) is 21.5 Å². The van der Waals surface area contributed by atoms with Gasteiger partial charge in [-0.2, -0.15) is 5.10 Å². The Morgan fingerprint density at radius 3 is 2.67 bits per heavy atom. The lowest BCUT2D eigenvalue weighted by Gasteiger charge is -2.21. The summed E-state index contributed by atoms with van der Waals surface area (Å²) in [6.45, 7) is 2.01. The predicted octanol–water partition coefficient (Wildman–Crippen LogP) is 4.54. The van der Waals surface area contributed by atoms with Crippen LogP contribution in [0.1, 0.15) is 43.0 Å². The molecule has 0 heterocycles. The van der Waals surface area contributed by atoms with Crippen LogP contribution in [0.15, 0.2) is 23.3 Å². The molecule has 2 aliphatic rings. The molecule has 2 aliphatic carbocycles. The van der Waals surface area contributed by atoms with E-state index in [0.717, 1.165) is 17.5 Å². The van der Waals surface area contributed by atoms with E-state index in [1.165, 1.54) is 25.7 Å². The molecule has 0 saturated heterocycles. The van der Waals surface area contributed by atoms with Crippen molar-refractivity contribution in [3.63, 3.8) is 0 Å². The molecule has 3 atom stereocenters. The van der Waals surface area contributed by atoms with E-state index < -0.39 is 0 Å². The van der Waals surface area contributed by atoms with Gasteiger partial charge >= 0.3 is 0 Å². The number of amides is 1. The zero-order chi connectivity index (χ0) is 15.0. The van der Waals surface area contributed by atoms with Gasteiger partial charge in [-0.15, -0.1) is 0 Å². The fourth-order valence-corrected chi connectivity index (χ4v) is 3.98. The standard InChI is InChI=1S/C16H18Cl2N2O/c1-9(13-7-10-2-3-11(13)6-10)19-20-16(21)12-4-5-14(17)15(18)8-12/h4-5,8,10-11,13H,2-3,6-7H2,1H3,(H,20,21)/b19-9+/t10-,11-,13-/m0/s1. The van der Waals surface area contributed by atoms with Crippen molar-refractivity contribution >= 4 is 34.8 Å². The summed E-state index contributed by atoms with van der Waals surface area (Å²) in [5.74, 6) is 1.92. The lowest BCUT2D eigenvalue weighted by molar-refractivity contribution is 0.0954. The highest BCUT2D eigenvalue weighted by molar-refractivity contribution is 6.42. The van der Waals surface area contributed by atoms with Crippen molar-refractivity contribution in [1.29, 1.82) is 0 Å². The van der Waals surface area contributed by atoms with E-state index in [1.54, 1.807) is 18.2 Å². The van der Waals surface area contributed by atoms with E-state index in [-0.39, 0.29) is 5.91 Å². The van der Waals surface area contributed by atoms with Gasteiger partial charge in [0.15, 0.2) is 0 Å². The minimum Gasteiger partial charge on any atom is -0.267 e. The maximum atomic E-state index is 12.1. The molecule has 5 heteroatoms. The predicted molar refractivity (Wildman–Crippen MR) is 86.0 cm³/mol. The Kier molecular flexibility index (Phi) is 4.23. The second-order valence-electron chi connectivity index (χ2n) is 6.10. The van der Waals surface area contributed by atoms with Crippen LogP contribution < -0.4 is 5.43 Å². The third-order valence-corrected chi connectivity index (χ3v) is 5.53. The molecule has 112 valence electrons. The van der Waals surface area contributed by atoms with Crippen molar-refractivity contribution in [3.8, 4) is 0 Å². The SMILES string of the molecule is C/C(=N\NC(=O)c1ccc(Cl)c(Cl)c1)[C@@H]1C[C@H]2CC[C@H]1C2. The van der Waals surface area contributed by atoms with E-state index in [9.17, 15) is 4.79 Å². The molecular weight excluding hydrogens is 307 g/mol. The van der Waals surface area contributed by atoms with E-state index >= 15 is 0 Å². The van der Waals surface area contributed by atoms with Crippen molar-refractivity contribution in [2.24, 2.45) is 22.9 Å². The molecule has 2 bridgehead atoms. The molecule has 0 spiro atoms. The molecule has 3 nitrogen and oxygen atoms in total. The minimum absolute atomic E-state index is 0.254. The van der Waals surface area contributed by atoms with Crippen molar-refractivity contribution in [1.82, 2.24) is 5.43 Å². The molecule has 21 heavy (non-hydrogen) atoms. The van der Waals surface area contributed by atoms with Crippen LogP contribution in [0.5, 0.6) is 0 Å². The van der Waals surface area contributed by atoms with Crippen LogP contribution >= 0.6 is 23.2 Å². The summed E-state index contributed by atoms with van der Waals surface area (Å²) in [5.41, 5.74) is 4.13. The lowest BCUT2D eigenvalue weighted by atomic mass is 9.86. The van der Waals surface area contributed by atoms with Gasteiger partial charge in [-0.05, 0) is 56.2 Å². The number of hydrazone groups is 1.